The standard InChI is InChI=1S/C21H28/c1-5-16-9-11-18(12-10-16)15-21-19(7-3)13-17(6-2)14-20(21)8-4/h9-14H,5-8,15H2,1-4H3. The van der Waals surface area contributed by atoms with Crippen LogP contribution in [-0.2, 0) is 32.1 Å². The minimum atomic E-state index is 1.07. The Morgan fingerprint density at radius 2 is 1.05 bits per heavy atom. The number of hydrogen-bond donors (Lipinski definition) is 0. The predicted molar refractivity (Wildman–Crippen MR) is 93.2 cm³/mol. The van der Waals surface area contributed by atoms with Gasteiger partial charge in [-0.05, 0) is 65.5 Å². The highest BCUT2D eigenvalue weighted by Crippen LogP contribution is 2.23. The lowest BCUT2D eigenvalue weighted by Crippen LogP contribution is -2.02. The lowest BCUT2D eigenvalue weighted by atomic mass is 9.89. The fourth-order valence-corrected chi connectivity index (χ4v) is 3.03. The van der Waals surface area contributed by atoms with Crippen molar-refractivity contribution in [2.75, 3.05) is 0 Å². The summed E-state index contributed by atoms with van der Waals surface area (Å²) in [5, 5.41) is 0. The molecule has 0 bridgehead atoms. The Morgan fingerprint density at radius 1 is 0.571 bits per heavy atom. The van der Waals surface area contributed by atoms with Crippen LogP contribution in [0.3, 0.4) is 0 Å². The zero-order chi connectivity index (χ0) is 15.2. The van der Waals surface area contributed by atoms with Gasteiger partial charge < -0.3 is 0 Å². The molecule has 0 aliphatic heterocycles. The summed E-state index contributed by atoms with van der Waals surface area (Å²) < 4.78 is 0. The zero-order valence-corrected chi connectivity index (χ0v) is 14.0. The smallest absolute Gasteiger partial charge is 0.00203 e. The predicted octanol–water partition coefficient (Wildman–Crippen LogP) is 5.53. The second-order valence-electron chi connectivity index (χ2n) is 5.80. The van der Waals surface area contributed by atoms with Gasteiger partial charge in [0.05, 0.1) is 0 Å². The third-order valence-corrected chi connectivity index (χ3v) is 4.48. The Balaban J connectivity index is 2.36. The molecule has 0 saturated carbocycles. The summed E-state index contributed by atoms with van der Waals surface area (Å²) in [6.07, 6.45) is 5.57. The van der Waals surface area contributed by atoms with E-state index in [1.54, 1.807) is 5.56 Å². The topological polar surface area (TPSA) is 0 Å². The van der Waals surface area contributed by atoms with Gasteiger partial charge in [-0.1, -0.05) is 64.1 Å². The largest absolute Gasteiger partial charge is 0.0613 e. The average Bonchev–Trinajstić information content (AvgIpc) is 2.55. The summed E-state index contributed by atoms with van der Waals surface area (Å²) in [6, 6.07) is 14.0. The van der Waals surface area contributed by atoms with Crippen LogP contribution in [0.1, 0.15) is 61.1 Å². The molecule has 0 heteroatoms. The maximum absolute atomic E-state index is 2.41. The van der Waals surface area contributed by atoms with E-state index in [0.717, 1.165) is 32.1 Å². The van der Waals surface area contributed by atoms with E-state index < -0.39 is 0 Å². The first-order chi connectivity index (χ1) is 10.2. The van der Waals surface area contributed by atoms with Gasteiger partial charge in [0.1, 0.15) is 0 Å². The molecule has 0 amide bonds. The Bertz CT molecular complexity index is 550. The van der Waals surface area contributed by atoms with Crippen LogP contribution >= 0.6 is 0 Å². The average molecular weight is 280 g/mol. The van der Waals surface area contributed by atoms with Crippen molar-refractivity contribution in [2.24, 2.45) is 0 Å². The van der Waals surface area contributed by atoms with Crippen LogP contribution in [0.5, 0.6) is 0 Å². The summed E-state index contributed by atoms with van der Waals surface area (Å²) in [6.45, 7) is 9.01. The van der Waals surface area contributed by atoms with Gasteiger partial charge in [0.2, 0.25) is 0 Å². The number of benzene rings is 2. The van der Waals surface area contributed by atoms with Crippen molar-refractivity contribution in [2.45, 2.75) is 59.8 Å². The van der Waals surface area contributed by atoms with E-state index in [2.05, 4.69) is 64.1 Å². The molecule has 0 radical (unpaired) electrons. The molecular weight excluding hydrogens is 252 g/mol. The molecule has 0 spiro atoms. The van der Waals surface area contributed by atoms with Crippen LogP contribution in [0, 0.1) is 0 Å². The molecule has 112 valence electrons. The molecular formula is C21H28. The second-order valence-corrected chi connectivity index (χ2v) is 5.80. The van der Waals surface area contributed by atoms with Crippen molar-refractivity contribution >= 4 is 0 Å². The van der Waals surface area contributed by atoms with Crippen LogP contribution in [0.25, 0.3) is 0 Å². The minimum Gasteiger partial charge on any atom is -0.0613 e. The normalized spacial score (nSPS) is 10.9. The van der Waals surface area contributed by atoms with Gasteiger partial charge in [-0.2, -0.15) is 0 Å². The lowest BCUT2D eigenvalue weighted by molar-refractivity contribution is 0.977. The SMILES string of the molecule is CCc1ccc(Cc2c(CC)cc(CC)cc2CC)cc1. The van der Waals surface area contributed by atoms with Crippen molar-refractivity contribution in [3.8, 4) is 0 Å². The molecule has 0 atom stereocenters. The summed E-state index contributed by atoms with van der Waals surface area (Å²) in [5.74, 6) is 0. The molecule has 0 N–H and O–H groups in total. The zero-order valence-electron chi connectivity index (χ0n) is 14.0. The third kappa shape index (κ3) is 3.75. The molecule has 2 rings (SSSR count). The molecule has 21 heavy (non-hydrogen) atoms. The first kappa shape index (κ1) is 15.8. The maximum Gasteiger partial charge on any atom is -0.00203 e. The van der Waals surface area contributed by atoms with Crippen molar-refractivity contribution < 1.29 is 0 Å². The molecule has 0 aromatic heterocycles. The fraction of sp³-hybridized carbons (Fsp3) is 0.429. The van der Waals surface area contributed by atoms with Crippen LogP contribution in [0.2, 0.25) is 0 Å². The van der Waals surface area contributed by atoms with Gasteiger partial charge in [0.15, 0.2) is 0 Å². The molecule has 2 aromatic rings. The van der Waals surface area contributed by atoms with Crippen molar-refractivity contribution in [1.29, 1.82) is 0 Å². The van der Waals surface area contributed by atoms with E-state index in [1.807, 2.05) is 0 Å². The molecule has 0 unspecified atom stereocenters. The quantitative estimate of drug-likeness (QED) is 0.653. The van der Waals surface area contributed by atoms with Gasteiger partial charge in [0.25, 0.3) is 0 Å². The van der Waals surface area contributed by atoms with Crippen molar-refractivity contribution in [3.63, 3.8) is 0 Å². The molecule has 0 aliphatic rings. The van der Waals surface area contributed by atoms with Crippen LogP contribution in [-0.4, -0.2) is 0 Å². The van der Waals surface area contributed by atoms with E-state index in [-0.39, 0.29) is 0 Å². The summed E-state index contributed by atoms with van der Waals surface area (Å²) in [5.41, 5.74) is 8.96. The van der Waals surface area contributed by atoms with Crippen LogP contribution in [0.4, 0.5) is 0 Å². The first-order valence-corrected chi connectivity index (χ1v) is 8.43. The highest BCUT2D eigenvalue weighted by Gasteiger charge is 2.09. The Labute approximate surface area is 130 Å². The van der Waals surface area contributed by atoms with Crippen molar-refractivity contribution in [3.05, 3.63) is 69.8 Å². The molecule has 0 heterocycles. The van der Waals surface area contributed by atoms with Gasteiger partial charge in [0, 0.05) is 0 Å². The highest BCUT2D eigenvalue weighted by molar-refractivity contribution is 5.43. The summed E-state index contributed by atoms with van der Waals surface area (Å²) in [7, 11) is 0. The maximum atomic E-state index is 2.41. The summed E-state index contributed by atoms with van der Waals surface area (Å²) in [4.78, 5) is 0. The number of rotatable bonds is 6. The van der Waals surface area contributed by atoms with E-state index in [4.69, 9.17) is 0 Å². The van der Waals surface area contributed by atoms with E-state index in [9.17, 15) is 0 Å². The number of aryl methyl sites for hydroxylation is 4. The van der Waals surface area contributed by atoms with Gasteiger partial charge in [-0.3, -0.25) is 0 Å². The van der Waals surface area contributed by atoms with E-state index in [1.165, 1.54) is 27.8 Å². The van der Waals surface area contributed by atoms with Crippen LogP contribution in [0.15, 0.2) is 36.4 Å². The molecule has 0 aliphatic carbocycles. The van der Waals surface area contributed by atoms with E-state index >= 15 is 0 Å². The Morgan fingerprint density at radius 3 is 1.48 bits per heavy atom. The molecule has 0 nitrogen and oxygen atoms in total. The van der Waals surface area contributed by atoms with Gasteiger partial charge >= 0.3 is 0 Å². The molecule has 2 aromatic carbocycles. The van der Waals surface area contributed by atoms with E-state index in [0.29, 0.717) is 0 Å². The third-order valence-electron chi connectivity index (χ3n) is 4.48. The van der Waals surface area contributed by atoms with Gasteiger partial charge in [-0.25, -0.2) is 0 Å². The first-order valence-electron chi connectivity index (χ1n) is 8.43. The molecule has 0 saturated heterocycles. The van der Waals surface area contributed by atoms with Gasteiger partial charge in [-0.15, -0.1) is 0 Å². The lowest BCUT2D eigenvalue weighted by Gasteiger charge is -2.16. The van der Waals surface area contributed by atoms with Crippen molar-refractivity contribution in [1.82, 2.24) is 0 Å². The second kappa shape index (κ2) is 7.45. The minimum absolute atomic E-state index is 1.07. The highest BCUT2D eigenvalue weighted by atomic mass is 14.1. The molecule has 0 fully saturated rings. The van der Waals surface area contributed by atoms with Crippen LogP contribution < -0.4 is 0 Å². The number of hydrogen-bond acceptors (Lipinski definition) is 0. The fourth-order valence-electron chi connectivity index (χ4n) is 3.03. The monoisotopic (exact) mass is 280 g/mol. The Kier molecular flexibility index (Phi) is 5.61. The Hall–Kier alpha value is -1.56. The summed E-state index contributed by atoms with van der Waals surface area (Å²) >= 11 is 0.